The highest BCUT2D eigenvalue weighted by molar-refractivity contribution is 8.04. The van der Waals surface area contributed by atoms with E-state index < -0.39 is 35.5 Å². The van der Waals surface area contributed by atoms with Gasteiger partial charge in [0.1, 0.15) is 5.66 Å². The third kappa shape index (κ3) is 2.62. The van der Waals surface area contributed by atoms with Crippen LogP contribution in [0.1, 0.15) is 11.1 Å². The molecule has 8 nitrogen and oxygen atoms in total. The standard InChI is InChI=1S/C14H16N2O6S2/c15-13(16,11-7-3-1-4-8-11)14(23(17,18)19,24(20,21)22)12-9-5-2-6-10-12/h1-10H,15-16H2,(H,17,18,19)(H,20,21,22). The molecule has 0 unspecified atom stereocenters. The normalized spacial score (nSPS) is 13.7. The summed E-state index contributed by atoms with van der Waals surface area (Å²) in [5.74, 6) is 0. The summed E-state index contributed by atoms with van der Waals surface area (Å²) in [5.41, 5.74) is 8.53. The quantitative estimate of drug-likeness (QED) is 0.433. The van der Waals surface area contributed by atoms with Gasteiger partial charge in [0, 0.05) is 0 Å². The van der Waals surface area contributed by atoms with Crippen LogP contribution in [-0.4, -0.2) is 25.9 Å². The lowest BCUT2D eigenvalue weighted by atomic mass is 9.92. The molecule has 10 heteroatoms. The molecule has 0 atom stereocenters. The molecule has 2 aromatic rings. The average Bonchev–Trinajstić information content (AvgIpc) is 2.46. The van der Waals surface area contributed by atoms with Gasteiger partial charge in [-0.1, -0.05) is 60.7 Å². The van der Waals surface area contributed by atoms with Gasteiger partial charge in [0.05, 0.1) is 0 Å². The number of hydrogen-bond acceptors (Lipinski definition) is 6. The SMILES string of the molecule is NC(N)(c1ccccc1)C(c1ccccc1)(S(=O)(=O)O)S(=O)(=O)O. The zero-order chi connectivity index (χ0) is 18.2. The lowest BCUT2D eigenvalue weighted by molar-refractivity contribution is 0.328. The maximum atomic E-state index is 12.2. The van der Waals surface area contributed by atoms with Crippen LogP contribution in [0.4, 0.5) is 0 Å². The van der Waals surface area contributed by atoms with Crippen LogP contribution in [-0.2, 0) is 30.0 Å². The Bertz CT molecular complexity index is 894. The van der Waals surface area contributed by atoms with Gasteiger partial charge in [0.2, 0.25) is 0 Å². The molecule has 0 fully saturated rings. The Morgan fingerprint density at radius 1 is 0.667 bits per heavy atom. The third-order valence-electron chi connectivity index (χ3n) is 3.68. The largest absolute Gasteiger partial charge is 0.307 e. The second-order valence-electron chi connectivity index (χ2n) is 5.17. The first-order valence-corrected chi connectivity index (χ1v) is 9.47. The van der Waals surface area contributed by atoms with Gasteiger partial charge in [0.15, 0.2) is 0 Å². The molecule has 6 N–H and O–H groups in total. The van der Waals surface area contributed by atoms with Crippen LogP contribution >= 0.6 is 0 Å². The van der Waals surface area contributed by atoms with Crippen molar-refractivity contribution in [3.05, 3.63) is 71.8 Å². The first-order chi connectivity index (χ1) is 11.0. The summed E-state index contributed by atoms with van der Waals surface area (Å²) in [6, 6.07) is 13.3. The summed E-state index contributed by atoms with van der Waals surface area (Å²) in [5, 5.41) is 0. The van der Waals surface area contributed by atoms with E-state index in [2.05, 4.69) is 0 Å². The smallest absolute Gasteiger partial charge is 0.295 e. The molecule has 0 aliphatic rings. The lowest BCUT2D eigenvalue weighted by Crippen LogP contribution is -2.68. The molecule has 0 aliphatic carbocycles. The molecule has 2 aromatic carbocycles. The van der Waals surface area contributed by atoms with E-state index >= 15 is 0 Å². The Labute approximate surface area is 139 Å². The van der Waals surface area contributed by atoms with Crippen LogP contribution in [0.2, 0.25) is 0 Å². The van der Waals surface area contributed by atoms with Crippen molar-refractivity contribution in [1.29, 1.82) is 0 Å². The molecule has 2 rings (SSSR count). The van der Waals surface area contributed by atoms with Gasteiger partial charge >= 0.3 is 0 Å². The molecule has 0 heterocycles. The fraction of sp³-hybridized carbons (Fsp3) is 0.143. The van der Waals surface area contributed by atoms with Crippen molar-refractivity contribution in [3.8, 4) is 0 Å². The second-order valence-corrected chi connectivity index (χ2v) is 8.55. The van der Waals surface area contributed by atoms with Crippen LogP contribution in [0.25, 0.3) is 0 Å². The summed E-state index contributed by atoms with van der Waals surface area (Å²) >= 11 is 0. The Balaban J connectivity index is 3.03. The highest BCUT2D eigenvalue weighted by atomic mass is 32.3. The number of rotatable bonds is 5. The Hall–Kier alpha value is -1.82. The molecule has 0 aromatic heterocycles. The minimum atomic E-state index is -5.53. The zero-order valence-corrected chi connectivity index (χ0v) is 13.9. The van der Waals surface area contributed by atoms with Gasteiger partial charge in [-0.25, -0.2) is 0 Å². The van der Waals surface area contributed by atoms with Gasteiger partial charge < -0.3 is 11.5 Å². The molecule has 0 radical (unpaired) electrons. The van der Waals surface area contributed by atoms with E-state index in [0.29, 0.717) is 0 Å². The van der Waals surface area contributed by atoms with Crippen molar-refractivity contribution in [2.75, 3.05) is 0 Å². The van der Waals surface area contributed by atoms with Gasteiger partial charge in [-0.3, -0.25) is 9.11 Å². The molecule has 0 saturated carbocycles. The van der Waals surface area contributed by atoms with Crippen molar-refractivity contribution in [3.63, 3.8) is 0 Å². The molecule has 0 bridgehead atoms. The average molecular weight is 372 g/mol. The van der Waals surface area contributed by atoms with Crippen molar-refractivity contribution >= 4 is 20.2 Å². The summed E-state index contributed by atoms with van der Waals surface area (Å²) in [6.45, 7) is 0. The number of hydrogen-bond donors (Lipinski definition) is 4. The fourth-order valence-electron chi connectivity index (χ4n) is 2.66. The van der Waals surface area contributed by atoms with Gasteiger partial charge in [-0.2, -0.15) is 16.8 Å². The molecule has 0 aliphatic heterocycles. The summed E-state index contributed by atoms with van der Waals surface area (Å²) in [4.78, 5) is 0. The van der Waals surface area contributed by atoms with Gasteiger partial charge in [0.25, 0.3) is 24.3 Å². The maximum Gasteiger partial charge on any atom is 0.295 e. The first kappa shape index (κ1) is 18.5. The zero-order valence-electron chi connectivity index (χ0n) is 12.3. The van der Waals surface area contributed by atoms with E-state index in [1.807, 2.05) is 0 Å². The molecule has 24 heavy (non-hydrogen) atoms. The predicted molar refractivity (Wildman–Crippen MR) is 87.7 cm³/mol. The Morgan fingerprint density at radius 2 is 1.00 bits per heavy atom. The lowest BCUT2D eigenvalue weighted by Gasteiger charge is -2.41. The number of nitrogens with two attached hydrogens (primary N) is 2. The van der Waals surface area contributed by atoms with E-state index in [4.69, 9.17) is 11.5 Å². The maximum absolute atomic E-state index is 12.2. The van der Waals surface area contributed by atoms with Crippen molar-refractivity contribution in [2.24, 2.45) is 11.5 Å². The fourth-order valence-corrected chi connectivity index (χ4v) is 5.68. The molecular formula is C14H16N2O6S2. The van der Waals surface area contributed by atoms with Crippen LogP contribution in [0.3, 0.4) is 0 Å². The summed E-state index contributed by atoms with van der Waals surface area (Å²) in [6.07, 6.45) is 0. The van der Waals surface area contributed by atoms with Crippen molar-refractivity contribution in [1.82, 2.24) is 0 Å². The molecule has 130 valence electrons. The van der Waals surface area contributed by atoms with Gasteiger partial charge in [-0.05, 0) is 11.1 Å². The molecule has 0 spiro atoms. The van der Waals surface area contributed by atoms with Crippen LogP contribution in [0.15, 0.2) is 60.7 Å². The highest BCUT2D eigenvalue weighted by Crippen LogP contribution is 2.45. The van der Waals surface area contributed by atoms with E-state index in [9.17, 15) is 25.9 Å². The molecule has 0 saturated heterocycles. The topological polar surface area (TPSA) is 161 Å². The van der Waals surface area contributed by atoms with E-state index in [-0.39, 0.29) is 5.56 Å². The van der Waals surface area contributed by atoms with E-state index in [0.717, 1.165) is 12.1 Å². The van der Waals surface area contributed by atoms with E-state index in [1.165, 1.54) is 42.5 Å². The summed E-state index contributed by atoms with van der Waals surface area (Å²) < 4.78 is 64.9. The Morgan fingerprint density at radius 3 is 1.33 bits per heavy atom. The van der Waals surface area contributed by atoms with E-state index in [1.54, 1.807) is 6.07 Å². The number of benzene rings is 2. The monoisotopic (exact) mass is 372 g/mol. The minimum Gasteiger partial charge on any atom is -0.307 e. The van der Waals surface area contributed by atoms with Crippen LogP contribution in [0.5, 0.6) is 0 Å². The Kier molecular flexibility index (Phi) is 4.57. The third-order valence-corrected chi connectivity index (χ3v) is 7.54. The first-order valence-electron chi connectivity index (χ1n) is 6.59. The predicted octanol–water partition coefficient (Wildman–Crippen LogP) is 0.385. The highest BCUT2D eigenvalue weighted by Gasteiger charge is 2.67. The second kappa shape index (κ2) is 5.92. The van der Waals surface area contributed by atoms with Crippen molar-refractivity contribution < 1.29 is 25.9 Å². The molecular weight excluding hydrogens is 356 g/mol. The summed E-state index contributed by atoms with van der Waals surface area (Å²) in [7, 11) is -11.1. The molecule has 0 amide bonds. The van der Waals surface area contributed by atoms with Crippen LogP contribution < -0.4 is 11.5 Å². The van der Waals surface area contributed by atoms with Crippen LogP contribution in [0, 0.1) is 0 Å². The minimum absolute atomic E-state index is 0.121. The van der Waals surface area contributed by atoms with Gasteiger partial charge in [-0.15, -0.1) is 0 Å². The van der Waals surface area contributed by atoms with Crippen molar-refractivity contribution in [2.45, 2.75) is 9.74 Å².